The SMILES string of the molecule is Cc1cc(-c2cnn3c(NCC(C)(C)O)cc(NC4CCOCC4)nc23)ccc1C(=O)NC1CC1. The van der Waals surface area contributed by atoms with Gasteiger partial charge in [-0.3, -0.25) is 4.79 Å². The minimum atomic E-state index is -0.881. The molecule has 2 aromatic heterocycles. The summed E-state index contributed by atoms with van der Waals surface area (Å²) >= 11 is 0. The van der Waals surface area contributed by atoms with Gasteiger partial charge in [0.05, 0.1) is 11.8 Å². The van der Waals surface area contributed by atoms with Crippen LogP contribution in [0.4, 0.5) is 11.6 Å². The summed E-state index contributed by atoms with van der Waals surface area (Å²) in [6, 6.07) is 8.39. The number of hydrogen-bond acceptors (Lipinski definition) is 7. The third-order valence-corrected chi connectivity index (χ3v) is 6.44. The van der Waals surface area contributed by atoms with Gasteiger partial charge in [0.1, 0.15) is 11.6 Å². The maximum absolute atomic E-state index is 12.6. The first kappa shape index (κ1) is 23.6. The quantitative estimate of drug-likeness (QED) is 0.393. The van der Waals surface area contributed by atoms with Gasteiger partial charge >= 0.3 is 0 Å². The van der Waals surface area contributed by atoms with Gasteiger partial charge in [-0.25, -0.2) is 4.98 Å². The lowest BCUT2D eigenvalue weighted by Crippen LogP contribution is -2.30. The molecule has 1 amide bonds. The summed E-state index contributed by atoms with van der Waals surface area (Å²) < 4.78 is 7.25. The Balaban J connectivity index is 1.49. The molecule has 186 valence electrons. The fourth-order valence-electron chi connectivity index (χ4n) is 4.30. The smallest absolute Gasteiger partial charge is 0.251 e. The molecule has 1 saturated carbocycles. The molecule has 3 heterocycles. The molecule has 1 aliphatic heterocycles. The van der Waals surface area contributed by atoms with E-state index in [0.29, 0.717) is 29.8 Å². The average Bonchev–Trinajstić information content (AvgIpc) is 3.53. The van der Waals surface area contributed by atoms with Crippen LogP contribution in [0, 0.1) is 6.92 Å². The number of fused-ring (bicyclic) bond motifs is 1. The second kappa shape index (κ2) is 9.47. The van der Waals surface area contributed by atoms with E-state index in [1.54, 1.807) is 24.6 Å². The zero-order valence-electron chi connectivity index (χ0n) is 20.6. The Morgan fingerprint density at radius 2 is 1.94 bits per heavy atom. The molecule has 0 spiro atoms. The molecule has 5 rings (SSSR count). The van der Waals surface area contributed by atoms with E-state index in [1.807, 2.05) is 31.2 Å². The highest BCUT2D eigenvalue weighted by Gasteiger charge is 2.25. The normalized spacial score (nSPS) is 16.9. The summed E-state index contributed by atoms with van der Waals surface area (Å²) in [6.45, 7) is 7.32. The van der Waals surface area contributed by atoms with Gasteiger partial charge in [-0.15, -0.1) is 0 Å². The highest BCUT2D eigenvalue weighted by atomic mass is 16.5. The Hall–Kier alpha value is -3.17. The molecule has 2 aliphatic rings. The van der Waals surface area contributed by atoms with Crippen LogP contribution in [-0.2, 0) is 4.74 Å². The van der Waals surface area contributed by atoms with Gasteiger partial charge in [-0.05, 0) is 63.6 Å². The Morgan fingerprint density at radius 3 is 2.63 bits per heavy atom. The van der Waals surface area contributed by atoms with E-state index in [0.717, 1.165) is 67.2 Å². The molecule has 0 atom stereocenters. The van der Waals surface area contributed by atoms with Gasteiger partial charge in [-0.1, -0.05) is 12.1 Å². The monoisotopic (exact) mass is 478 g/mol. The number of aromatic nitrogens is 3. The van der Waals surface area contributed by atoms with Gasteiger partial charge in [0, 0.05) is 49.0 Å². The van der Waals surface area contributed by atoms with Gasteiger partial charge in [-0.2, -0.15) is 9.61 Å². The number of hydrogen-bond donors (Lipinski definition) is 4. The summed E-state index contributed by atoms with van der Waals surface area (Å²) in [5, 5.41) is 24.8. The minimum absolute atomic E-state index is 0.0180. The van der Waals surface area contributed by atoms with Gasteiger partial charge in [0.25, 0.3) is 5.91 Å². The summed E-state index contributed by atoms with van der Waals surface area (Å²) in [7, 11) is 0. The van der Waals surface area contributed by atoms with Crippen LogP contribution in [0.5, 0.6) is 0 Å². The summed E-state index contributed by atoms with van der Waals surface area (Å²) in [4.78, 5) is 17.5. The molecule has 4 N–H and O–H groups in total. The zero-order chi connectivity index (χ0) is 24.6. The third kappa shape index (κ3) is 5.57. The largest absolute Gasteiger partial charge is 0.389 e. The molecule has 1 aromatic carbocycles. The Labute approximate surface area is 205 Å². The van der Waals surface area contributed by atoms with Crippen molar-refractivity contribution in [2.75, 3.05) is 30.4 Å². The standard InChI is InChI=1S/C26H34N6O3/c1-16-12-17(4-7-20(16)25(33)30-18-5-6-18)21-14-28-32-23(27-15-26(2,3)34)13-22(31-24(21)32)29-19-8-10-35-11-9-19/h4,7,12-14,18-19,27,34H,5-6,8-11,15H2,1-3H3,(H,29,31)(H,30,33). The van der Waals surface area contributed by atoms with E-state index in [1.165, 1.54) is 0 Å². The van der Waals surface area contributed by atoms with Crippen molar-refractivity contribution in [2.45, 2.75) is 64.1 Å². The van der Waals surface area contributed by atoms with Crippen LogP contribution in [0.2, 0.25) is 0 Å². The maximum atomic E-state index is 12.6. The van der Waals surface area contributed by atoms with Crippen molar-refractivity contribution in [1.29, 1.82) is 0 Å². The molecular formula is C26H34N6O3. The molecule has 9 heteroatoms. The number of carbonyl (C=O) groups is 1. The number of aryl methyl sites for hydroxylation is 1. The van der Waals surface area contributed by atoms with Crippen molar-refractivity contribution in [3.05, 3.63) is 41.6 Å². The van der Waals surface area contributed by atoms with Crippen LogP contribution in [0.25, 0.3) is 16.8 Å². The third-order valence-electron chi connectivity index (χ3n) is 6.44. The number of rotatable bonds is 8. The first-order valence-electron chi connectivity index (χ1n) is 12.4. The zero-order valence-corrected chi connectivity index (χ0v) is 20.6. The number of anilines is 2. The van der Waals surface area contributed by atoms with Crippen LogP contribution in [0.3, 0.4) is 0 Å². The van der Waals surface area contributed by atoms with E-state index < -0.39 is 5.60 Å². The summed E-state index contributed by atoms with van der Waals surface area (Å²) in [5.74, 6) is 1.48. The lowest BCUT2D eigenvalue weighted by atomic mass is 10.0. The van der Waals surface area contributed by atoms with Crippen LogP contribution in [0.1, 0.15) is 55.5 Å². The van der Waals surface area contributed by atoms with E-state index in [2.05, 4.69) is 21.0 Å². The second-order valence-corrected chi connectivity index (χ2v) is 10.3. The lowest BCUT2D eigenvalue weighted by molar-refractivity contribution is 0.0903. The van der Waals surface area contributed by atoms with Crippen LogP contribution in [0.15, 0.2) is 30.5 Å². The first-order valence-corrected chi connectivity index (χ1v) is 12.4. The average molecular weight is 479 g/mol. The summed E-state index contributed by atoms with van der Waals surface area (Å²) in [5.41, 5.74) is 3.26. The van der Waals surface area contributed by atoms with E-state index in [9.17, 15) is 9.90 Å². The lowest BCUT2D eigenvalue weighted by Gasteiger charge is -2.24. The van der Waals surface area contributed by atoms with E-state index in [4.69, 9.17) is 9.72 Å². The van der Waals surface area contributed by atoms with Gasteiger partial charge in [0.2, 0.25) is 0 Å². The van der Waals surface area contributed by atoms with E-state index in [-0.39, 0.29) is 5.91 Å². The number of aliphatic hydroxyl groups is 1. The van der Waals surface area contributed by atoms with Crippen molar-refractivity contribution < 1.29 is 14.6 Å². The fourth-order valence-corrected chi connectivity index (χ4v) is 4.30. The second-order valence-electron chi connectivity index (χ2n) is 10.3. The molecular weight excluding hydrogens is 444 g/mol. The van der Waals surface area contributed by atoms with Crippen molar-refractivity contribution in [2.24, 2.45) is 0 Å². The molecule has 2 fully saturated rings. The molecule has 0 bridgehead atoms. The van der Waals surface area contributed by atoms with Gasteiger partial charge in [0.15, 0.2) is 5.65 Å². The number of amides is 1. The van der Waals surface area contributed by atoms with Crippen molar-refractivity contribution in [3.8, 4) is 11.1 Å². The number of ether oxygens (including phenoxy) is 1. The molecule has 3 aromatic rings. The topological polar surface area (TPSA) is 113 Å². The number of benzene rings is 1. The highest BCUT2D eigenvalue weighted by Crippen LogP contribution is 2.30. The van der Waals surface area contributed by atoms with Crippen LogP contribution < -0.4 is 16.0 Å². The molecule has 35 heavy (non-hydrogen) atoms. The molecule has 0 unspecified atom stereocenters. The fraction of sp³-hybridized carbons (Fsp3) is 0.500. The Kier molecular flexibility index (Phi) is 6.37. The molecule has 0 radical (unpaired) electrons. The minimum Gasteiger partial charge on any atom is -0.389 e. The number of carbonyl (C=O) groups excluding carboxylic acids is 1. The first-order chi connectivity index (χ1) is 16.8. The highest BCUT2D eigenvalue weighted by molar-refractivity contribution is 5.97. The van der Waals surface area contributed by atoms with Crippen molar-refractivity contribution in [3.63, 3.8) is 0 Å². The number of nitrogens with zero attached hydrogens (tertiary/aromatic N) is 3. The van der Waals surface area contributed by atoms with Crippen molar-refractivity contribution >= 4 is 23.2 Å². The van der Waals surface area contributed by atoms with E-state index >= 15 is 0 Å². The maximum Gasteiger partial charge on any atom is 0.251 e. The molecule has 1 saturated heterocycles. The predicted molar refractivity (Wildman–Crippen MR) is 136 cm³/mol. The Bertz CT molecular complexity index is 1220. The molecule has 1 aliphatic carbocycles. The number of nitrogens with one attached hydrogen (secondary N) is 3. The Morgan fingerprint density at radius 1 is 1.17 bits per heavy atom. The van der Waals surface area contributed by atoms with Crippen LogP contribution in [-0.4, -0.2) is 63.1 Å². The van der Waals surface area contributed by atoms with Gasteiger partial charge < -0.3 is 25.8 Å². The molecule has 9 nitrogen and oxygen atoms in total. The van der Waals surface area contributed by atoms with Crippen LogP contribution >= 0.6 is 0 Å². The van der Waals surface area contributed by atoms with Crippen molar-refractivity contribution in [1.82, 2.24) is 19.9 Å². The summed E-state index contributed by atoms with van der Waals surface area (Å²) in [6.07, 6.45) is 5.77. The predicted octanol–water partition coefficient (Wildman–Crippen LogP) is 3.37.